The first-order valence-corrected chi connectivity index (χ1v) is 41.3. The number of allylic oxidation sites excluding steroid dienone is 4. The van der Waals surface area contributed by atoms with E-state index >= 15 is 0 Å². The van der Waals surface area contributed by atoms with Gasteiger partial charge >= 0.3 is 39.5 Å². The summed E-state index contributed by atoms with van der Waals surface area (Å²) in [4.78, 5) is 72.7. The Morgan fingerprint density at radius 2 is 0.628 bits per heavy atom. The normalized spacial score (nSPS) is 14.5. The molecule has 0 aliphatic heterocycles. The van der Waals surface area contributed by atoms with Gasteiger partial charge in [0.15, 0.2) is 12.2 Å². The fourth-order valence-electron chi connectivity index (χ4n) is 10.9. The maximum atomic E-state index is 13.1. The van der Waals surface area contributed by atoms with Crippen LogP contribution in [0, 0.1) is 11.8 Å². The lowest BCUT2D eigenvalue weighted by Gasteiger charge is -2.21. The van der Waals surface area contributed by atoms with Gasteiger partial charge in [-0.1, -0.05) is 310 Å². The molecule has 0 spiro atoms. The number of phosphoric acid groups is 2. The molecule has 0 aliphatic carbocycles. The van der Waals surface area contributed by atoms with Crippen LogP contribution in [-0.4, -0.2) is 96.7 Å². The van der Waals surface area contributed by atoms with E-state index in [0.29, 0.717) is 25.7 Å². The van der Waals surface area contributed by atoms with Crippen molar-refractivity contribution in [3.63, 3.8) is 0 Å². The van der Waals surface area contributed by atoms with Gasteiger partial charge in [0.2, 0.25) is 0 Å². The van der Waals surface area contributed by atoms with Crippen molar-refractivity contribution in [1.82, 2.24) is 0 Å². The van der Waals surface area contributed by atoms with Gasteiger partial charge in [-0.3, -0.25) is 37.3 Å². The minimum absolute atomic E-state index is 0.101. The van der Waals surface area contributed by atoms with E-state index < -0.39 is 97.5 Å². The molecule has 3 unspecified atom stereocenters. The summed E-state index contributed by atoms with van der Waals surface area (Å²) in [6.45, 7) is 9.45. The van der Waals surface area contributed by atoms with Crippen molar-refractivity contribution in [3.8, 4) is 0 Å². The number of esters is 4. The molecule has 94 heavy (non-hydrogen) atoms. The van der Waals surface area contributed by atoms with Crippen LogP contribution in [0.2, 0.25) is 0 Å². The van der Waals surface area contributed by atoms with Crippen LogP contribution in [0.5, 0.6) is 0 Å². The number of hydrogen-bond donors (Lipinski definition) is 3. The van der Waals surface area contributed by atoms with Gasteiger partial charge in [0, 0.05) is 25.7 Å². The van der Waals surface area contributed by atoms with Crippen LogP contribution in [-0.2, 0) is 65.4 Å². The Hall–Kier alpha value is -2.46. The highest BCUT2D eigenvalue weighted by Crippen LogP contribution is 2.45. The number of rotatable bonds is 72. The molecule has 0 aromatic rings. The van der Waals surface area contributed by atoms with E-state index in [1.165, 1.54) is 154 Å². The summed E-state index contributed by atoms with van der Waals surface area (Å²) < 4.78 is 68.4. The van der Waals surface area contributed by atoms with Crippen LogP contribution < -0.4 is 0 Å². The zero-order valence-corrected chi connectivity index (χ0v) is 62.5. The van der Waals surface area contributed by atoms with Crippen LogP contribution in [0.1, 0.15) is 363 Å². The van der Waals surface area contributed by atoms with Crippen molar-refractivity contribution >= 4 is 39.5 Å². The second kappa shape index (κ2) is 66.4. The summed E-state index contributed by atoms with van der Waals surface area (Å²) in [5.41, 5.74) is 0. The first kappa shape index (κ1) is 91.5. The largest absolute Gasteiger partial charge is 0.472 e. The third-order valence-electron chi connectivity index (χ3n) is 17.2. The molecule has 3 N–H and O–H groups in total. The highest BCUT2D eigenvalue weighted by molar-refractivity contribution is 7.47. The van der Waals surface area contributed by atoms with Gasteiger partial charge in [-0.2, -0.15) is 0 Å². The quantitative estimate of drug-likeness (QED) is 0.0169. The number of hydrogen-bond acceptors (Lipinski definition) is 15. The van der Waals surface area contributed by atoms with Crippen LogP contribution in [0.3, 0.4) is 0 Å². The zero-order chi connectivity index (χ0) is 69.3. The summed E-state index contributed by atoms with van der Waals surface area (Å²) in [7, 11) is -9.92. The third-order valence-corrected chi connectivity index (χ3v) is 19.1. The molecular formula is C75H142O17P2. The Bertz CT molecular complexity index is 1920. The summed E-state index contributed by atoms with van der Waals surface area (Å²) >= 11 is 0. The number of aliphatic hydroxyl groups is 1. The first-order valence-electron chi connectivity index (χ1n) is 38.3. The molecule has 0 bridgehead atoms. The molecule has 17 nitrogen and oxygen atoms in total. The van der Waals surface area contributed by atoms with E-state index in [2.05, 4.69) is 65.8 Å². The van der Waals surface area contributed by atoms with E-state index in [1.54, 1.807) is 0 Å². The molecular weight excluding hydrogens is 1230 g/mol. The number of aliphatic hydroxyl groups excluding tert-OH is 1. The van der Waals surface area contributed by atoms with E-state index in [0.717, 1.165) is 127 Å². The van der Waals surface area contributed by atoms with Crippen molar-refractivity contribution in [3.05, 3.63) is 24.3 Å². The molecule has 0 amide bonds. The van der Waals surface area contributed by atoms with Crippen molar-refractivity contribution < 1.29 is 80.2 Å². The molecule has 0 fully saturated rings. The van der Waals surface area contributed by atoms with Crippen LogP contribution in [0.15, 0.2) is 24.3 Å². The summed E-state index contributed by atoms with van der Waals surface area (Å²) in [5, 5.41) is 10.6. The average molecular weight is 1380 g/mol. The Labute approximate surface area is 573 Å². The van der Waals surface area contributed by atoms with Crippen molar-refractivity contribution in [2.45, 2.75) is 381 Å². The van der Waals surface area contributed by atoms with Gasteiger partial charge in [-0.25, -0.2) is 9.13 Å². The molecule has 0 rings (SSSR count). The molecule has 0 aromatic carbocycles. The van der Waals surface area contributed by atoms with Gasteiger partial charge in [-0.15, -0.1) is 0 Å². The molecule has 0 aliphatic rings. The van der Waals surface area contributed by atoms with Gasteiger partial charge in [0.25, 0.3) is 0 Å². The Balaban J connectivity index is 5.29. The summed E-state index contributed by atoms with van der Waals surface area (Å²) in [5.74, 6) is -0.685. The lowest BCUT2D eigenvalue weighted by Crippen LogP contribution is -2.30. The van der Waals surface area contributed by atoms with Gasteiger partial charge in [0.1, 0.15) is 19.3 Å². The van der Waals surface area contributed by atoms with Gasteiger partial charge < -0.3 is 33.8 Å². The fourth-order valence-corrected chi connectivity index (χ4v) is 12.5. The number of phosphoric ester groups is 2. The van der Waals surface area contributed by atoms with Gasteiger partial charge in [0.05, 0.1) is 26.4 Å². The number of carbonyl (C=O) groups excluding carboxylic acids is 4. The zero-order valence-electron chi connectivity index (χ0n) is 60.7. The summed E-state index contributed by atoms with van der Waals surface area (Å²) in [6, 6.07) is 0. The van der Waals surface area contributed by atoms with Crippen LogP contribution >= 0.6 is 15.6 Å². The molecule has 6 atom stereocenters. The third kappa shape index (κ3) is 66.8. The maximum Gasteiger partial charge on any atom is 0.472 e. The molecule has 0 aromatic heterocycles. The second-order valence-corrected chi connectivity index (χ2v) is 30.0. The molecule has 0 saturated carbocycles. The highest BCUT2D eigenvalue weighted by atomic mass is 31.2. The summed E-state index contributed by atoms with van der Waals surface area (Å²) in [6.07, 6.45) is 56.3. The minimum atomic E-state index is -4.96. The van der Waals surface area contributed by atoms with Crippen molar-refractivity contribution in [1.29, 1.82) is 0 Å². The fraction of sp³-hybridized carbons (Fsp3) is 0.893. The lowest BCUT2D eigenvalue weighted by atomic mass is 10.00. The number of ether oxygens (including phenoxy) is 4. The molecule has 19 heteroatoms. The highest BCUT2D eigenvalue weighted by Gasteiger charge is 2.30. The van der Waals surface area contributed by atoms with Crippen molar-refractivity contribution in [2.75, 3.05) is 39.6 Å². The Kier molecular flexibility index (Phi) is 64.7. The average Bonchev–Trinajstić information content (AvgIpc) is 1.37. The second-order valence-electron chi connectivity index (χ2n) is 27.1. The molecule has 0 radical (unpaired) electrons. The monoisotopic (exact) mass is 1380 g/mol. The Morgan fingerprint density at radius 3 is 0.957 bits per heavy atom. The Morgan fingerprint density at radius 1 is 0.351 bits per heavy atom. The van der Waals surface area contributed by atoms with Crippen LogP contribution in [0.25, 0.3) is 0 Å². The SMILES string of the molecule is CCCCCC/C=C\C=C/CCCCCCCC(=O)OC[C@H](COP(=O)(O)OC[C@@H](O)COP(=O)(O)OC[C@@H](COC(=O)CCCCCCCCC(C)CC)OC(=O)CCCCCCCCCCCC(C)C)OC(=O)CCCCCCCCCCCCCCCCCCC. The number of unbranched alkanes of at least 4 members (excludes halogenated alkanes) is 38. The maximum absolute atomic E-state index is 13.1. The van der Waals surface area contributed by atoms with E-state index in [-0.39, 0.29) is 25.7 Å². The van der Waals surface area contributed by atoms with Gasteiger partial charge in [-0.05, 0) is 63.2 Å². The van der Waals surface area contributed by atoms with E-state index in [1.807, 2.05) is 0 Å². The number of carbonyl (C=O) groups is 4. The van der Waals surface area contributed by atoms with E-state index in [9.17, 15) is 43.2 Å². The van der Waals surface area contributed by atoms with Crippen LogP contribution in [0.4, 0.5) is 0 Å². The predicted molar refractivity (Wildman–Crippen MR) is 381 cm³/mol. The molecule has 0 saturated heterocycles. The van der Waals surface area contributed by atoms with E-state index in [4.69, 9.17) is 37.0 Å². The standard InChI is InChI=1S/C75H142O17P2/c1-7-10-12-14-16-18-20-22-24-25-27-29-31-35-39-47-53-59-74(79)91-70(63-85-72(77)57-51-45-38-34-30-28-26-23-21-19-17-15-13-11-8-2)65-89-93(81,82)87-61-69(76)62-88-94(83,84)90-66-71(64-86-73(78)58-52-46-42-41-44-50-56-68(6)9-3)92-75(80)60-54-48-40-36-32-33-37-43-49-55-67(4)5/h19,21,23,26,67-71,76H,7-18,20,22,24-25,27-66H2,1-6H3,(H,81,82)(H,83,84)/b21-19-,26-23-/t68?,69-,70-,71-/m1/s1. The first-order chi connectivity index (χ1) is 45.4. The smallest absolute Gasteiger partial charge is 0.462 e. The molecule has 0 heterocycles. The van der Waals surface area contributed by atoms with Crippen molar-refractivity contribution in [2.24, 2.45) is 11.8 Å². The lowest BCUT2D eigenvalue weighted by molar-refractivity contribution is -0.161. The minimum Gasteiger partial charge on any atom is -0.462 e. The predicted octanol–water partition coefficient (Wildman–Crippen LogP) is 21.5. The topological polar surface area (TPSA) is 237 Å². The molecule has 554 valence electrons.